The van der Waals surface area contributed by atoms with Crippen LogP contribution in [0.5, 0.6) is 5.75 Å². The monoisotopic (exact) mass is 444 g/mol. The van der Waals surface area contributed by atoms with Crippen molar-refractivity contribution in [2.75, 3.05) is 30.3 Å². The number of nitrogens with one attached hydrogen (secondary N) is 1. The van der Waals surface area contributed by atoms with Gasteiger partial charge in [0.25, 0.3) is 0 Å². The van der Waals surface area contributed by atoms with Gasteiger partial charge in [-0.25, -0.2) is 0 Å². The van der Waals surface area contributed by atoms with Gasteiger partial charge in [0.2, 0.25) is 5.91 Å². The van der Waals surface area contributed by atoms with E-state index in [1.165, 1.54) is 0 Å². The molecule has 2 aromatic rings. The minimum Gasteiger partial charge on any atom is -0.391 e. The summed E-state index contributed by atoms with van der Waals surface area (Å²) in [6, 6.07) is 16.4. The summed E-state index contributed by atoms with van der Waals surface area (Å²) in [6.45, 7) is 1.91. The Balaban J connectivity index is 1.29. The highest BCUT2D eigenvalue weighted by molar-refractivity contribution is 7.87. The van der Waals surface area contributed by atoms with Crippen LogP contribution in [0.2, 0.25) is 0 Å². The molecular formula is C23H28N2O5S. The molecule has 1 heterocycles. The summed E-state index contributed by atoms with van der Waals surface area (Å²) in [6.07, 6.45) is 2.24. The smallest absolute Gasteiger partial charge is 0.310 e. The molecule has 1 atom stereocenters. The zero-order valence-corrected chi connectivity index (χ0v) is 18.2. The molecule has 4 rings (SSSR count). The lowest BCUT2D eigenvalue weighted by atomic mass is 10.1. The van der Waals surface area contributed by atoms with Crippen molar-refractivity contribution in [3.63, 3.8) is 0 Å². The lowest BCUT2D eigenvalue weighted by Crippen LogP contribution is -2.38. The van der Waals surface area contributed by atoms with Gasteiger partial charge < -0.3 is 19.5 Å². The van der Waals surface area contributed by atoms with E-state index in [4.69, 9.17) is 4.18 Å². The number of hydrogen-bond acceptors (Lipinski definition) is 6. The second kappa shape index (κ2) is 8.88. The average molecular weight is 445 g/mol. The average Bonchev–Trinajstić information content (AvgIpc) is 3.38. The summed E-state index contributed by atoms with van der Waals surface area (Å²) in [4.78, 5) is 14.8. The first-order valence-electron chi connectivity index (χ1n) is 10.6. The Morgan fingerprint density at radius 2 is 1.94 bits per heavy atom. The number of hydrogen-bond donors (Lipinski definition) is 2. The number of β-amino-alcohol motifs (C(OH)–C–C–N with tert-alkyl or cyclic N) is 1. The number of carbonyl (C=O) groups excluding carboxylic acids is 1. The highest BCUT2D eigenvalue weighted by Gasteiger charge is 2.53. The first-order valence-corrected chi connectivity index (χ1v) is 12.2. The van der Waals surface area contributed by atoms with E-state index in [2.05, 4.69) is 16.3 Å². The molecule has 2 fully saturated rings. The van der Waals surface area contributed by atoms with Crippen molar-refractivity contribution in [2.45, 2.75) is 31.8 Å². The Morgan fingerprint density at radius 1 is 1.16 bits per heavy atom. The van der Waals surface area contributed by atoms with Gasteiger partial charge in [-0.3, -0.25) is 4.79 Å². The van der Waals surface area contributed by atoms with E-state index in [9.17, 15) is 18.3 Å². The number of amides is 1. The third-order valence-corrected chi connectivity index (χ3v) is 7.25. The van der Waals surface area contributed by atoms with E-state index in [0.29, 0.717) is 32.4 Å². The van der Waals surface area contributed by atoms with Crippen molar-refractivity contribution >= 4 is 21.7 Å². The maximum Gasteiger partial charge on any atom is 0.310 e. The van der Waals surface area contributed by atoms with Crippen molar-refractivity contribution < 1.29 is 22.5 Å². The van der Waals surface area contributed by atoms with Crippen LogP contribution in [0.1, 0.15) is 24.8 Å². The van der Waals surface area contributed by atoms with Crippen molar-refractivity contribution in [3.8, 4) is 5.75 Å². The first kappa shape index (κ1) is 21.6. The van der Waals surface area contributed by atoms with Gasteiger partial charge >= 0.3 is 10.1 Å². The third kappa shape index (κ3) is 5.57. The fourth-order valence-electron chi connectivity index (χ4n) is 3.97. The Kier molecular flexibility index (Phi) is 6.20. The topological polar surface area (TPSA) is 95.9 Å². The molecule has 1 aliphatic carbocycles. The molecule has 2 aromatic carbocycles. The molecule has 0 aromatic heterocycles. The summed E-state index contributed by atoms with van der Waals surface area (Å²) in [5.74, 6) is -0.288. The third-order valence-electron chi connectivity index (χ3n) is 5.89. The number of nitrogens with zero attached hydrogens (tertiary/aromatic N) is 1. The van der Waals surface area contributed by atoms with E-state index in [1.54, 1.807) is 30.3 Å². The quantitative estimate of drug-likeness (QED) is 0.575. The van der Waals surface area contributed by atoms with Gasteiger partial charge in [0, 0.05) is 25.3 Å². The van der Waals surface area contributed by atoms with Gasteiger partial charge in [0.1, 0.15) is 11.5 Å². The number of aliphatic hydroxyl groups excluding tert-OH is 1. The first-order chi connectivity index (χ1) is 14.9. The summed E-state index contributed by atoms with van der Waals surface area (Å²) < 4.78 is 30.0. The van der Waals surface area contributed by atoms with Crippen LogP contribution in [-0.4, -0.2) is 50.9 Å². The molecule has 8 heteroatoms. The molecule has 2 aliphatic rings. The number of benzene rings is 2. The molecule has 1 saturated heterocycles. The predicted octanol–water partition coefficient (Wildman–Crippen LogP) is 2.11. The Bertz CT molecular complexity index is 1020. The zero-order chi connectivity index (χ0) is 21.9. The summed E-state index contributed by atoms with van der Waals surface area (Å²) in [5, 5.41) is 12.6. The molecule has 1 amide bonds. The van der Waals surface area contributed by atoms with Crippen LogP contribution in [0.15, 0.2) is 54.6 Å². The van der Waals surface area contributed by atoms with Gasteiger partial charge in [0.05, 0.1) is 11.5 Å². The molecule has 0 bridgehead atoms. The fourth-order valence-corrected chi connectivity index (χ4v) is 5.53. The van der Waals surface area contributed by atoms with Crippen LogP contribution in [0.25, 0.3) is 0 Å². The molecule has 166 valence electrons. The maximum absolute atomic E-state index is 12.7. The number of rotatable bonds is 9. The Hall–Kier alpha value is -2.58. The summed E-state index contributed by atoms with van der Waals surface area (Å²) in [5.41, 5.74) is 1.27. The maximum atomic E-state index is 12.7. The Morgan fingerprint density at radius 3 is 2.61 bits per heavy atom. The van der Waals surface area contributed by atoms with Crippen molar-refractivity contribution in [1.29, 1.82) is 0 Å². The lowest BCUT2D eigenvalue weighted by Gasteiger charge is -2.19. The van der Waals surface area contributed by atoms with Crippen LogP contribution >= 0.6 is 0 Å². The molecule has 1 aliphatic heterocycles. The predicted molar refractivity (Wildman–Crippen MR) is 119 cm³/mol. The minimum atomic E-state index is -3.86. The molecule has 2 N–H and O–H groups in total. The number of para-hydroxylation sites is 1. The molecule has 0 radical (unpaired) electrons. The van der Waals surface area contributed by atoms with Crippen LogP contribution < -0.4 is 14.4 Å². The van der Waals surface area contributed by atoms with E-state index >= 15 is 0 Å². The van der Waals surface area contributed by atoms with Gasteiger partial charge in [0.15, 0.2) is 0 Å². The second-order valence-electron chi connectivity index (χ2n) is 8.44. The fraction of sp³-hybridized carbons (Fsp3) is 0.435. The lowest BCUT2D eigenvalue weighted by molar-refractivity contribution is -0.125. The van der Waals surface area contributed by atoms with Crippen molar-refractivity contribution in [1.82, 2.24) is 5.32 Å². The normalized spacial score (nSPS) is 19.8. The van der Waals surface area contributed by atoms with Gasteiger partial charge in [-0.2, -0.15) is 8.42 Å². The van der Waals surface area contributed by atoms with Crippen LogP contribution in [0.3, 0.4) is 0 Å². The molecule has 1 saturated carbocycles. The highest BCUT2D eigenvalue weighted by atomic mass is 32.2. The van der Waals surface area contributed by atoms with Gasteiger partial charge in [-0.1, -0.05) is 30.3 Å². The summed E-state index contributed by atoms with van der Waals surface area (Å²) in [7, 11) is -3.86. The van der Waals surface area contributed by atoms with Gasteiger partial charge in [-0.15, -0.1) is 0 Å². The minimum absolute atomic E-state index is 0.230. The van der Waals surface area contributed by atoms with Crippen LogP contribution in [0.4, 0.5) is 5.69 Å². The van der Waals surface area contributed by atoms with Crippen LogP contribution in [-0.2, 0) is 21.3 Å². The molecule has 0 unspecified atom stereocenters. The van der Waals surface area contributed by atoms with E-state index in [0.717, 1.165) is 24.2 Å². The SMILES string of the molecule is O=C(NCCc1cccc(N2CC[C@H](O)C2)c1)C1(CS(=O)(=O)Oc2ccccc2)CC1. The molecular weight excluding hydrogens is 416 g/mol. The van der Waals surface area contributed by atoms with E-state index < -0.39 is 15.5 Å². The van der Waals surface area contributed by atoms with Crippen molar-refractivity contribution in [3.05, 3.63) is 60.2 Å². The zero-order valence-electron chi connectivity index (χ0n) is 17.4. The second-order valence-corrected chi connectivity index (χ2v) is 10.0. The Labute approximate surface area is 183 Å². The van der Waals surface area contributed by atoms with Crippen LogP contribution in [0, 0.1) is 5.41 Å². The largest absolute Gasteiger partial charge is 0.391 e. The number of carbonyl (C=O) groups is 1. The van der Waals surface area contributed by atoms with E-state index in [1.807, 2.05) is 18.2 Å². The number of aliphatic hydroxyl groups is 1. The number of anilines is 1. The summed E-state index contributed by atoms with van der Waals surface area (Å²) >= 11 is 0. The van der Waals surface area contributed by atoms with E-state index in [-0.39, 0.29) is 23.5 Å². The van der Waals surface area contributed by atoms with Gasteiger partial charge in [-0.05, 0) is 55.5 Å². The molecule has 7 nitrogen and oxygen atoms in total. The van der Waals surface area contributed by atoms with Crippen molar-refractivity contribution in [2.24, 2.45) is 5.41 Å². The highest BCUT2D eigenvalue weighted by Crippen LogP contribution is 2.47. The standard InChI is InChI=1S/C23H28N2O5S/c26-20-10-14-25(16-20)19-6-4-5-18(15-19)9-13-24-22(27)23(11-12-23)17-31(28,29)30-21-7-2-1-3-8-21/h1-8,15,20,26H,9-14,16-17H2,(H,24,27)/t20-/m0/s1. The molecule has 31 heavy (non-hydrogen) atoms. The molecule has 0 spiro atoms.